The minimum absolute atomic E-state index is 0.0457. The number of amides is 2. The Morgan fingerprint density at radius 3 is 2.29 bits per heavy atom. The number of hydrogen-bond acceptors (Lipinski definition) is 7. The number of aliphatic hydroxyl groups excluding tert-OH is 1. The third kappa shape index (κ3) is 7.13. The first-order chi connectivity index (χ1) is 24.4. The minimum atomic E-state index is -0.304. The van der Waals surface area contributed by atoms with Crippen LogP contribution in [0.25, 0.3) is 11.1 Å². The van der Waals surface area contributed by atoms with Gasteiger partial charge in [0.15, 0.2) is 0 Å². The number of carbonyl (C=O) groups is 2. The van der Waals surface area contributed by atoms with Gasteiger partial charge in [0.25, 0.3) is 0 Å². The molecule has 51 heavy (non-hydrogen) atoms. The van der Waals surface area contributed by atoms with E-state index in [0.717, 1.165) is 55.4 Å². The van der Waals surface area contributed by atoms with E-state index in [1.807, 2.05) is 28.0 Å². The predicted octanol–water partition coefficient (Wildman–Crippen LogP) is 7.26. The van der Waals surface area contributed by atoms with Gasteiger partial charge in [-0.1, -0.05) is 12.1 Å². The number of anilines is 1. The summed E-state index contributed by atoms with van der Waals surface area (Å²) in [6.45, 7) is 10.4. The molecule has 1 saturated heterocycles. The van der Waals surface area contributed by atoms with Crippen molar-refractivity contribution in [3.8, 4) is 16.9 Å². The van der Waals surface area contributed by atoms with Crippen LogP contribution in [0.4, 0.5) is 10.6 Å². The van der Waals surface area contributed by atoms with Crippen LogP contribution in [0.1, 0.15) is 96.1 Å². The summed E-state index contributed by atoms with van der Waals surface area (Å²) < 4.78 is 13.4. The highest BCUT2D eigenvalue weighted by molar-refractivity contribution is 5.95. The quantitative estimate of drug-likeness (QED) is 0.251. The zero-order chi connectivity index (χ0) is 36.0. The van der Waals surface area contributed by atoms with Crippen molar-refractivity contribution in [1.29, 1.82) is 0 Å². The third-order valence-corrected chi connectivity index (χ3v) is 12.6. The molecular formula is C41H55N5O5. The smallest absolute Gasteiger partial charge is 0.410 e. The number of likely N-dealkylation sites (tertiary alicyclic amines) is 1. The molecule has 274 valence electrons. The van der Waals surface area contributed by atoms with Gasteiger partial charge in [-0.25, -0.2) is 9.78 Å². The molecule has 1 aliphatic heterocycles. The van der Waals surface area contributed by atoms with E-state index >= 15 is 0 Å². The number of fused-ring (bicyclic) bond motifs is 3. The van der Waals surface area contributed by atoms with Crippen LogP contribution in [0.15, 0.2) is 48.9 Å². The molecule has 0 atom stereocenters. The van der Waals surface area contributed by atoms with E-state index in [-0.39, 0.29) is 52.9 Å². The molecule has 0 spiro atoms. The Morgan fingerprint density at radius 2 is 1.69 bits per heavy atom. The number of aliphatic hydroxyl groups is 1. The van der Waals surface area contributed by atoms with Crippen LogP contribution >= 0.6 is 0 Å². The lowest BCUT2D eigenvalue weighted by Crippen LogP contribution is -2.52. The first-order valence-corrected chi connectivity index (χ1v) is 19.0. The van der Waals surface area contributed by atoms with Gasteiger partial charge < -0.3 is 19.5 Å². The summed E-state index contributed by atoms with van der Waals surface area (Å²) >= 11 is 0. The highest BCUT2D eigenvalue weighted by Crippen LogP contribution is 2.58. The average Bonchev–Trinajstić information content (AvgIpc) is 3.63. The number of benzene rings is 1. The van der Waals surface area contributed by atoms with E-state index in [9.17, 15) is 14.7 Å². The lowest BCUT2D eigenvalue weighted by Gasteiger charge is -2.55. The van der Waals surface area contributed by atoms with Crippen LogP contribution in [-0.4, -0.2) is 76.2 Å². The van der Waals surface area contributed by atoms with Crippen LogP contribution in [0.2, 0.25) is 0 Å². The molecule has 1 N–H and O–H groups in total. The molecule has 1 aromatic carbocycles. The maximum Gasteiger partial charge on any atom is 0.410 e. The molecule has 10 nitrogen and oxygen atoms in total. The van der Waals surface area contributed by atoms with Crippen molar-refractivity contribution in [3.05, 3.63) is 60.0 Å². The molecule has 5 fully saturated rings. The van der Waals surface area contributed by atoms with E-state index in [4.69, 9.17) is 14.5 Å². The molecule has 4 aliphatic carbocycles. The van der Waals surface area contributed by atoms with Gasteiger partial charge in [0.2, 0.25) is 5.91 Å². The number of carbonyl (C=O) groups excluding carboxylic acids is 2. The van der Waals surface area contributed by atoms with Crippen molar-refractivity contribution >= 4 is 17.8 Å². The molecule has 0 radical (unpaired) electrons. The molecule has 2 aromatic heterocycles. The lowest BCUT2D eigenvalue weighted by molar-refractivity contribution is -0.124. The topological polar surface area (TPSA) is 110 Å². The van der Waals surface area contributed by atoms with Crippen LogP contribution in [0.5, 0.6) is 5.75 Å². The molecule has 4 saturated carbocycles. The zero-order valence-corrected chi connectivity index (χ0v) is 31.1. The SMILES string of the molecule is COc1ccc(C23CCC(CN(c4cc(-c5cnn(C(C)(C)C)c5)ccn4)C(=O)[C@H]4CC[C@H](OC(=O)N5CC(CO)C5)CC4)(CC2)CC3)cc1C. The number of ether oxygens (including phenoxy) is 2. The minimum Gasteiger partial charge on any atom is -0.496 e. The van der Waals surface area contributed by atoms with Crippen LogP contribution in [0.3, 0.4) is 0 Å². The molecule has 0 unspecified atom stereocenters. The predicted molar refractivity (Wildman–Crippen MR) is 197 cm³/mol. The van der Waals surface area contributed by atoms with Crippen molar-refractivity contribution < 1.29 is 24.2 Å². The Kier molecular flexibility index (Phi) is 9.67. The maximum atomic E-state index is 14.7. The van der Waals surface area contributed by atoms with Gasteiger partial charge in [-0.3, -0.25) is 14.4 Å². The average molecular weight is 698 g/mol. The highest BCUT2D eigenvalue weighted by Gasteiger charge is 2.51. The number of methoxy groups -OCH3 is 1. The second kappa shape index (κ2) is 13.9. The van der Waals surface area contributed by atoms with Gasteiger partial charge in [0.05, 0.1) is 18.8 Å². The molecule has 3 heterocycles. The van der Waals surface area contributed by atoms with Gasteiger partial charge >= 0.3 is 6.09 Å². The third-order valence-electron chi connectivity index (χ3n) is 12.6. The number of aryl methyl sites for hydroxylation is 1. The van der Waals surface area contributed by atoms with Gasteiger partial charge in [-0.05, 0) is 138 Å². The monoisotopic (exact) mass is 697 g/mol. The van der Waals surface area contributed by atoms with Gasteiger partial charge in [0, 0.05) is 56.0 Å². The van der Waals surface area contributed by atoms with Crippen LogP contribution in [-0.2, 0) is 20.5 Å². The van der Waals surface area contributed by atoms with Crippen LogP contribution in [0, 0.1) is 24.2 Å². The van der Waals surface area contributed by atoms with E-state index in [0.29, 0.717) is 51.1 Å². The first-order valence-electron chi connectivity index (χ1n) is 19.0. The molecule has 2 amide bonds. The van der Waals surface area contributed by atoms with Crippen LogP contribution < -0.4 is 9.64 Å². The summed E-state index contributed by atoms with van der Waals surface area (Å²) in [5.41, 5.74) is 4.70. The Bertz CT molecular complexity index is 1710. The van der Waals surface area contributed by atoms with Gasteiger partial charge in [-0.15, -0.1) is 0 Å². The van der Waals surface area contributed by atoms with Crippen molar-refractivity contribution in [3.63, 3.8) is 0 Å². The van der Waals surface area contributed by atoms with Crippen molar-refractivity contribution in [2.45, 2.75) is 109 Å². The molecule has 2 bridgehead atoms. The largest absolute Gasteiger partial charge is 0.496 e. The number of nitrogens with zero attached hydrogens (tertiary/aromatic N) is 5. The molecule has 8 rings (SSSR count). The number of rotatable bonds is 9. The normalized spacial score (nSPS) is 26.4. The van der Waals surface area contributed by atoms with E-state index in [1.54, 1.807) is 12.0 Å². The zero-order valence-electron chi connectivity index (χ0n) is 31.1. The summed E-state index contributed by atoms with van der Waals surface area (Å²) in [6, 6.07) is 10.8. The first kappa shape index (κ1) is 35.5. The van der Waals surface area contributed by atoms with E-state index in [1.165, 1.54) is 11.1 Å². The molecule has 3 aromatic rings. The summed E-state index contributed by atoms with van der Waals surface area (Å²) in [5.74, 6) is 1.76. The molecule has 5 aliphatic rings. The Hall–Kier alpha value is -3.92. The van der Waals surface area contributed by atoms with Crippen molar-refractivity contribution in [2.75, 3.05) is 38.3 Å². The van der Waals surface area contributed by atoms with Gasteiger partial charge in [-0.2, -0.15) is 5.10 Å². The Balaban J connectivity index is 1.09. The molecular weight excluding hydrogens is 642 g/mol. The van der Waals surface area contributed by atoms with Gasteiger partial charge in [0.1, 0.15) is 17.7 Å². The fourth-order valence-electron chi connectivity index (χ4n) is 9.03. The highest BCUT2D eigenvalue weighted by atomic mass is 16.6. The van der Waals surface area contributed by atoms with Crippen molar-refractivity contribution in [1.82, 2.24) is 19.7 Å². The maximum absolute atomic E-state index is 14.7. The number of aromatic nitrogens is 3. The Morgan fingerprint density at radius 1 is 0.980 bits per heavy atom. The second-order valence-electron chi connectivity index (χ2n) is 16.9. The fraction of sp³-hybridized carbons (Fsp3) is 0.610. The van der Waals surface area contributed by atoms with Crippen molar-refractivity contribution in [2.24, 2.45) is 17.3 Å². The summed E-state index contributed by atoms with van der Waals surface area (Å²) in [4.78, 5) is 35.8. The second-order valence-corrected chi connectivity index (χ2v) is 16.9. The lowest BCUT2D eigenvalue weighted by atomic mass is 9.51. The fourth-order valence-corrected chi connectivity index (χ4v) is 9.03. The summed E-state index contributed by atoms with van der Waals surface area (Å²) in [6.07, 6.45) is 14.6. The van der Waals surface area contributed by atoms with E-state index in [2.05, 4.69) is 63.3 Å². The number of hydrogen-bond donors (Lipinski definition) is 1. The molecule has 10 heteroatoms. The number of pyridine rings is 1. The summed E-state index contributed by atoms with van der Waals surface area (Å²) in [5, 5.41) is 13.9. The standard InChI is InChI=1S/C41H55N5O5/c1-28-20-33(8-11-35(28)50-5)41-16-13-40(14-17-41,15-18-41)27-45(36-21-31(12-19-42-36)32-22-43-46(25-32)39(2,3)4)37(48)30-6-9-34(10-7-30)51-38(49)44-23-29(24-44)26-47/h8,11-12,19-22,25,29-30,34,47H,6-7,9-10,13-18,23-24,26-27H2,1-5H3/t30-,34-,40?,41?. The van der Waals surface area contributed by atoms with E-state index < -0.39 is 0 Å². The summed E-state index contributed by atoms with van der Waals surface area (Å²) in [7, 11) is 1.73. The Labute approximate surface area is 302 Å².